The number of fused-ring (bicyclic) bond motifs is 7. The molecule has 2 N–H and O–H groups in total. The summed E-state index contributed by atoms with van der Waals surface area (Å²) in [5, 5.41) is 22.6. The quantitative estimate of drug-likeness (QED) is 0.226. The monoisotopic (exact) mass is 691 g/mol. The fourth-order valence-electron chi connectivity index (χ4n) is 15.0. The van der Waals surface area contributed by atoms with E-state index in [-0.39, 0.29) is 39.1 Å². The van der Waals surface area contributed by atoms with Crippen LogP contribution >= 0.6 is 0 Å². The van der Waals surface area contributed by atoms with E-state index in [9.17, 15) is 15.0 Å². The summed E-state index contributed by atoms with van der Waals surface area (Å²) in [4.78, 5) is 12.8. The van der Waals surface area contributed by atoms with E-state index in [1.165, 1.54) is 75.3 Å². The topological polar surface area (TPSA) is 76.0 Å². The van der Waals surface area contributed by atoms with E-state index in [2.05, 4.69) is 65.8 Å². The van der Waals surface area contributed by atoms with Crippen molar-refractivity contribution in [1.82, 2.24) is 0 Å². The molecule has 0 amide bonds. The van der Waals surface area contributed by atoms with Crippen molar-refractivity contribution in [2.75, 3.05) is 13.7 Å². The molecule has 1 aliphatic heterocycles. The Labute approximate surface area is 304 Å². The molecule has 7 rings (SSSR count). The molecule has 1 aromatic rings. The summed E-state index contributed by atoms with van der Waals surface area (Å²) in [5.74, 6) is 0.129. The van der Waals surface area contributed by atoms with Gasteiger partial charge < -0.3 is 19.7 Å². The van der Waals surface area contributed by atoms with Gasteiger partial charge in [0.2, 0.25) is 0 Å². The number of carboxylic acids is 1. The highest BCUT2D eigenvalue weighted by Crippen LogP contribution is 2.81. The van der Waals surface area contributed by atoms with Crippen LogP contribution in [0.4, 0.5) is 0 Å². The molecular formula is C45H70O5. The third kappa shape index (κ3) is 5.26. The van der Waals surface area contributed by atoms with Crippen molar-refractivity contribution in [2.24, 2.45) is 56.2 Å². The third-order valence-electron chi connectivity index (χ3n) is 18.0. The number of hydrogen-bond acceptors (Lipinski definition) is 4. The first-order valence-electron chi connectivity index (χ1n) is 20.9. The average molecular weight is 691 g/mol. The maximum Gasteiger partial charge on any atom is 0.309 e. The van der Waals surface area contributed by atoms with Gasteiger partial charge in [-0.05, 0) is 141 Å². The molecule has 5 saturated carbocycles. The second-order valence-corrected chi connectivity index (χ2v) is 19.9. The van der Waals surface area contributed by atoms with Crippen molar-refractivity contribution < 1.29 is 24.5 Å². The maximum absolute atomic E-state index is 12.8. The average Bonchev–Trinajstić information content (AvgIpc) is 3.19. The zero-order valence-corrected chi connectivity index (χ0v) is 32.8. The highest BCUT2D eigenvalue weighted by Gasteiger charge is 2.76. The molecule has 0 radical (unpaired) electrons. The van der Waals surface area contributed by atoms with Crippen LogP contribution in [0.1, 0.15) is 155 Å². The summed E-state index contributed by atoms with van der Waals surface area (Å²) in [6.45, 7) is 15.4. The van der Waals surface area contributed by atoms with Crippen molar-refractivity contribution in [1.29, 1.82) is 0 Å². The van der Waals surface area contributed by atoms with E-state index >= 15 is 0 Å². The minimum Gasteiger partial charge on any atom is -0.481 e. The number of aliphatic hydroxyl groups is 1. The van der Waals surface area contributed by atoms with Crippen LogP contribution in [-0.4, -0.2) is 41.8 Å². The SMILES string of the molecule is CCCCCC[C@@]12CC[C@@]3(C)[C@@H]4CC[C@]5(O)O[C@H](Cc6ccc(CCOC)cc6)[C@@]4(CC[C@@H]3[C@@]1(C)CC[C@@]1(C)CC[C@@](C)(C(=O)O)C[C@H]12)[C@H]5C. The zero-order valence-electron chi connectivity index (χ0n) is 32.8. The largest absolute Gasteiger partial charge is 0.481 e. The van der Waals surface area contributed by atoms with Gasteiger partial charge in [0.15, 0.2) is 5.79 Å². The smallest absolute Gasteiger partial charge is 0.309 e. The van der Waals surface area contributed by atoms with Gasteiger partial charge in [0, 0.05) is 24.9 Å². The number of carboxylic acid groups (broad SMARTS) is 1. The van der Waals surface area contributed by atoms with Gasteiger partial charge in [0.25, 0.3) is 0 Å². The Morgan fingerprint density at radius 1 is 0.860 bits per heavy atom. The molecule has 1 saturated heterocycles. The van der Waals surface area contributed by atoms with Crippen LogP contribution in [0.2, 0.25) is 0 Å². The van der Waals surface area contributed by atoms with Crippen molar-refractivity contribution in [3.63, 3.8) is 0 Å². The van der Waals surface area contributed by atoms with E-state index in [1.807, 2.05) is 0 Å². The molecule has 2 bridgehead atoms. The predicted octanol–water partition coefficient (Wildman–Crippen LogP) is 10.4. The Hall–Kier alpha value is -1.43. The number of unbranched alkanes of at least 4 members (excludes halogenated alkanes) is 3. The lowest BCUT2D eigenvalue weighted by atomic mass is 9.29. The van der Waals surface area contributed by atoms with E-state index in [0.29, 0.717) is 17.8 Å². The number of benzene rings is 1. The first-order chi connectivity index (χ1) is 23.7. The second-order valence-electron chi connectivity index (χ2n) is 19.9. The lowest BCUT2D eigenvalue weighted by Gasteiger charge is -2.75. The molecule has 5 heteroatoms. The molecule has 6 aliphatic rings. The predicted molar refractivity (Wildman–Crippen MR) is 200 cm³/mol. The summed E-state index contributed by atoms with van der Waals surface area (Å²) in [6, 6.07) is 9.07. The Balaban J connectivity index is 1.24. The summed E-state index contributed by atoms with van der Waals surface area (Å²) < 4.78 is 12.2. The van der Waals surface area contributed by atoms with Gasteiger partial charge >= 0.3 is 5.97 Å². The molecule has 1 aromatic carbocycles. The van der Waals surface area contributed by atoms with Crippen LogP contribution in [0, 0.1) is 56.2 Å². The first-order valence-corrected chi connectivity index (χ1v) is 20.9. The molecule has 12 atom stereocenters. The Bertz CT molecular complexity index is 1410. The number of carbonyl (C=O) groups is 1. The van der Waals surface area contributed by atoms with Crippen LogP contribution in [0.15, 0.2) is 24.3 Å². The van der Waals surface area contributed by atoms with E-state index in [0.717, 1.165) is 58.0 Å². The fraction of sp³-hybridized carbons (Fsp3) is 0.844. The zero-order chi connectivity index (χ0) is 35.8. The van der Waals surface area contributed by atoms with E-state index in [4.69, 9.17) is 9.47 Å². The number of aliphatic carboxylic acids is 1. The molecule has 6 fully saturated rings. The normalized spacial score (nSPS) is 47.9. The van der Waals surface area contributed by atoms with Crippen LogP contribution in [0.3, 0.4) is 0 Å². The van der Waals surface area contributed by atoms with E-state index < -0.39 is 17.2 Å². The number of hydrogen-bond donors (Lipinski definition) is 2. The van der Waals surface area contributed by atoms with Gasteiger partial charge in [0.05, 0.1) is 18.1 Å². The van der Waals surface area contributed by atoms with Gasteiger partial charge in [0.1, 0.15) is 0 Å². The van der Waals surface area contributed by atoms with Gasteiger partial charge in [-0.25, -0.2) is 0 Å². The summed E-state index contributed by atoms with van der Waals surface area (Å²) in [5.41, 5.74) is 2.78. The van der Waals surface area contributed by atoms with Crippen molar-refractivity contribution in [2.45, 2.75) is 169 Å². The Morgan fingerprint density at radius 2 is 1.56 bits per heavy atom. The molecule has 5 aliphatic carbocycles. The maximum atomic E-state index is 12.8. The van der Waals surface area contributed by atoms with Gasteiger partial charge in [-0.3, -0.25) is 4.79 Å². The van der Waals surface area contributed by atoms with Crippen LogP contribution < -0.4 is 0 Å². The molecule has 0 aromatic heterocycles. The van der Waals surface area contributed by atoms with Crippen LogP contribution in [-0.2, 0) is 27.1 Å². The summed E-state index contributed by atoms with van der Waals surface area (Å²) >= 11 is 0. The third-order valence-corrected chi connectivity index (χ3v) is 18.0. The molecule has 1 spiro atoms. The standard InChI is InChI=1S/C45H70O5/c1-8-9-10-11-19-43-27-25-41(5)34(42(43,6)26-24-39(3)22-23-40(4,38(46)47)30-36(39)43)16-20-44-31(2)45(48,21-17-35(41)44)50-37(44)29-33-14-12-32(13-15-33)18-28-49-7/h12-15,31,34-37,48H,8-11,16-30H2,1-7H3,(H,46,47)/t31-,34+,35+,36-,37-,39-,40-,41-,42-,43+,44+,45+/m1/s1. The summed E-state index contributed by atoms with van der Waals surface area (Å²) in [6.07, 6.45) is 20.1. The molecule has 5 nitrogen and oxygen atoms in total. The molecule has 280 valence electrons. The molecule has 50 heavy (non-hydrogen) atoms. The second kappa shape index (κ2) is 12.9. The fourth-order valence-corrected chi connectivity index (χ4v) is 15.0. The van der Waals surface area contributed by atoms with Crippen LogP contribution in [0.25, 0.3) is 0 Å². The number of ether oxygens (including phenoxy) is 2. The highest BCUT2D eigenvalue weighted by atomic mass is 16.6. The van der Waals surface area contributed by atoms with Crippen molar-refractivity contribution >= 4 is 5.97 Å². The van der Waals surface area contributed by atoms with Gasteiger partial charge in [-0.15, -0.1) is 0 Å². The lowest BCUT2D eigenvalue weighted by molar-refractivity contribution is -0.274. The molecular weight excluding hydrogens is 620 g/mol. The van der Waals surface area contributed by atoms with Gasteiger partial charge in [-0.1, -0.05) is 84.6 Å². The first kappa shape index (κ1) is 36.9. The minimum atomic E-state index is -1.03. The van der Waals surface area contributed by atoms with Crippen LogP contribution in [0.5, 0.6) is 0 Å². The van der Waals surface area contributed by atoms with Gasteiger partial charge in [-0.2, -0.15) is 0 Å². The Morgan fingerprint density at radius 3 is 2.26 bits per heavy atom. The van der Waals surface area contributed by atoms with E-state index in [1.54, 1.807) is 7.11 Å². The van der Waals surface area contributed by atoms with Crippen molar-refractivity contribution in [3.8, 4) is 0 Å². The molecule has 0 unspecified atom stereocenters. The number of methoxy groups -OCH3 is 1. The molecule has 1 heterocycles. The summed E-state index contributed by atoms with van der Waals surface area (Å²) in [7, 11) is 1.76. The highest BCUT2D eigenvalue weighted by molar-refractivity contribution is 5.74. The minimum absolute atomic E-state index is 0.0235. The Kier molecular flexibility index (Phi) is 9.49. The van der Waals surface area contributed by atoms with Crippen molar-refractivity contribution in [3.05, 3.63) is 35.4 Å². The lowest BCUT2D eigenvalue weighted by Crippen LogP contribution is -2.69. The number of rotatable bonds is 11.